The van der Waals surface area contributed by atoms with Crippen molar-refractivity contribution in [3.63, 3.8) is 0 Å². The van der Waals surface area contributed by atoms with Crippen LogP contribution in [0.5, 0.6) is 0 Å². The Balaban J connectivity index is 2.87. The molecule has 0 heterocycles. The highest BCUT2D eigenvalue weighted by Crippen LogP contribution is 2.38. The lowest BCUT2D eigenvalue weighted by Crippen LogP contribution is -2.61. The first-order valence-electron chi connectivity index (χ1n) is 6.70. The Kier molecular flexibility index (Phi) is 5.24. The quantitative estimate of drug-likeness (QED) is 0.805. The largest absolute Gasteiger partial charge is 0.465 e. The van der Waals surface area contributed by atoms with Crippen LogP contribution in [0.1, 0.15) is 40.0 Å². The van der Waals surface area contributed by atoms with Gasteiger partial charge in [-0.15, -0.1) is 0 Å². The zero-order chi connectivity index (χ0) is 14.7. The summed E-state index contributed by atoms with van der Waals surface area (Å²) in [7, 11) is 0. The Morgan fingerprint density at radius 1 is 1.42 bits per heavy atom. The molecule has 19 heavy (non-hydrogen) atoms. The summed E-state index contributed by atoms with van der Waals surface area (Å²) in [4.78, 5) is 12.1. The van der Waals surface area contributed by atoms with Crippen LogP contribution in [0.3, 0.4) is 0 Å². The molecule has 1 N–H and O–H groups in total. The maximum atomic E-state index is 12.4. The molecule has 3 nitrogen and oxygen atoms in total. The number of carbonyl (C=O) groups excluding carboxylic acids is 1. The number of halogens is 3. The molecule has 1 rings (SSSR count). The Labute approximate surface area is 111 Å². The van der Waals surface area contributed by atoms with Crippen molar-refractivity contribution in [2.45, 2.75) is 51.7 Å². The van der Waals surface area contributed by atoms with Gasteiger partial charge in [0.1, 0.15) is 5.54 Å². The van der Waals surface area contributed by atoms with Gasteiger partial charge in [-0.1, -0.05) is 13.8 Å². The molecule has 0 aromatic carbocycles. The first-order valence-corrected chi connectivity index (χ1v) is 6.70. The van der Waals surface area contributed by atoms with Gasteiger partial charge in [-0.3, -0.25) is 10.1 Å². The Hall–Kier alpha value is -0.780. The topological polar surface area (TPSA) is 38.3 Å². The first kappa shape index (κ1) is 16.3. The SMILES string of the molecule is CCOC(=O)C1(NCC(F)(F)F)CCC(C)CC1C. The summed E-state index contributed by atoms with van der Waals surface area (Å²) in [6.45, 7) is 4.54. The van der Waals surface area contributed by atoms with E-state index in [-0.39, 0.29) is 12.5 Å². The van der Waals surface area contributed by atoms with Gasteiger partial charge < -0.3 is 4.74 Å². The van der Waals surface area contributed by atoms with Gasteiger partial charge in [0.25, 0.3) is 0 Å². The van der Waals surface area contributed by atoms with Crippen LogP contribution in [-0.4, -0.2) is 30.8 Å². The van der Waals surface area contributed by atoms with Gasteiger partial charge in [-0.2, -0.15) is 13.2 Å². The number of alkyl halides is 3. The van der Waals surface area contributed by atoms with E-state index < -0.39 is 24.2 Å². The van der Waals surface area contributed by atoms with Crippen LogP contribution in [0.2, 0.25) is 0 Å². The Morgan fingerprint density at radius 3 is 2.53 bits per heavy atom. The van der Waals surface area contributed by atoms with Crippen molar-refractivity contribution in [3.05, 3.63) is 0 Å². The molecule has 0 saturated heterocycles. The van der Waals surface area contributed by atoms with Crippen molar-refractivity contribution in [2.75, 3.05) is 13.2 Å². The second kappa shape index (κ2) is 6.11. The van der Waals surface area contributed by atoms with Crippen LogP contribution in [0.4, 0.5) is 13.2 Å². The third-order valence-corrected chi connectivity index (χ3v) is 3.87. The second-order valence-electron chi connectivity index (χ2n) is 5.44. The zero-order valence-electron chi connectivity index (χ0n) is 11.6. The predicted octanol–water partition coefficient (Wildman–Crippen LogP) is 2.90. The number of hydrogen-bond acceptors (Lipinski definition) is 3. The van der Waals surface area contributed by atoms with Gasteiger partial charge in [0.15, 0.2) is 0 Å². The maximum Gasteiger partial charge on any atom is 0.401 e. The van der Waals surface area contributed by atoms with E-state index in [1.54, 1.807) is 6.92 Å². The van der Waals surface area contributed by atoms with Gasteiger partial charge in [-0.25, -0.2) is 0 Å². The molecule has 1 fully saturated rings. The Bertz CT molecular complexity index is 320. The van der Waals surface area contributed by atoms with Gasteiger partial charge in [-0.05, 0) is 38.0 Å². The minimum absolute atomic E-state index is 0.169. The molecule has 0 aromatic heterocycles. The highest BCUT2D eigenvalue weighted by molar-refractivity contribution is 5.81. The Morgan fingerprint density at radius 2 is 2.05 bits per heavy atom. The average molecular weight is 281 g/mol. The summed E-state index contributed by atoms with van der Waals surface area (Å²) in [5.41, 5.74) is -1.20. The standard InChI is InChI=1S/C13H22F3NO2/c1-4-19-11(18)12(17-8-13(14,15)16)6-5-9(2)7-10(12)3/h9-10,17H,4-8H2,1-3H3. The molecule has 1 aliphatic carbocycles. The fourth-order valence-electron chi connectivity index (χ4n) is 2.80. The fraction of sp³-hybridized carbons (Fsp3) is 0.923. The number of esters is 1. The van der Waals surface area contributed by atoms with E-state index in [9.17, 15) is 18.0 Å². The molecule has 0 radical (unpaired) electrons. The summed E-state index contributed by atoms with van der Waals surface area (Å²) in [6, 6.07) is 0. The lowest BCUT2D eigenvalue weighted by molar-refractivity contribution is -0.161. The molecule has 112 valence electrons. The molecule has 0 bridgehead atoms. The van der Waals surface area contributed by atoms with Crippen LogP contribution in [0.25, 0.3) is 0 Å². The minimum atomic E-state index is -4.33. The summed E-state index contributed by atoms with van der Waals surface area (Å²) < 4.78 is 42.2. The van der Waals surface area contributed by atoms with Crippen molar-refractivity contribution in [1.29, 1.82) is 0 Å². The number of carbonyl (C=O) groups is 1. The van der Waals surface area contributed by atoms with E-state index in [0.29, 0.717) is 12.3 Å². The van der Waals surface area contributed by atoms with Crippen molar-refractivity contribution in [2.24, 2.45) is 11.8 Å². The van der Waals surface area contributed by atoms with Crippen molar-refractivity contribution < 1.29 is 22.7 Å². The minimum Gasteiger partial charge on any atom is -0.465 e. The molecule has 3 atom stereocenters. The van der Waals surface area contributed by atoms with Crippen molar-refractivity contribution >= 4 is 5.97 Å². The molecule has 0 aromatic rings. The highest BCUT2D eigenvalue weighted by atomic mass is 19.4. The molecule has 6 heteroatoms. The van der Waals surface area contributed by atoms with Crippen LogP contribution < -0.4 is 5.32 Å². The predicted molar refractivity (Wildman–Crippen MR) is 65.6 cm³/mol. The zero-order valence-corrected chi connectivity index (χ0v) is 11.6. The van der Waals surface area contributed by atoms with Gasteiger partial charge in [0, 0.05) is 0 Å². The number of nitrogens with one attached hydrogen (secondary N) is 1. The number of ether oxygens (including phenoxy) is 1. The van der Waals surface area contributed by atoms with E-state index in [1.165, 1.54) is 0 Å². The van der Waals surface area contributed by atoms with E-state index in [1.807, 2.05) is 6.92 Å². The van der Waals surface area contributed by atoms with Gasteiger partial charge >= 0.3 is 12.1 Å². The van der Waals surface area contributed by atoms with Crippen LogP contribution >= 0.6 is 0 Å². The van der Waals surface area contributed by atoms with Crippen molar-refractivity contribution in [3.8, 4) is 0 Å². The van der Waals surface area contributed by atoms with Crippen molar-refractivity contribution in [1.82, 2.24) is 5.32 Å². The monoisotopic (exact) mass is 281 g/mol. The van der Waals surface area contributed by atoms with E-state index >= 15 is 0 Å². The van der Waals surface area contributed by atoms with Crippen LogP contribution in [0.15, 0.2) is 0 Å². The molecule has 1 saturated carbocycles. The third kappa shape index (κ3) is 4.09. The van der Waals surface area contributed by atoms with E-state index in [4.69, 9.17) is 4.74 Å². The highest BCUT2D eigenvalue weighted by Gasteiger charge is 2.49. The molecule has 0 spiro atoms. The van der Waals surface area contributed by atoms with Gasteiger partial charge in [0.2, 0.25) is 0 Å². The number of hydrogen-bond donors (Lipinski definition) is 1. The lowest BCUT2D eigenvalue weighted by atomic mass is 9.70. The molecule has 0 aliphatic heterocycles. The summed E-state index contributed by atoms with van der Waals surface area (Å²) in [5, 5.41) is 2.43. The van der Waals surface area contributed by atoms with E-state index in [2.05, 4.69) is 12.2 Å². The smallest absolute Gasteiger partial charge is 0.401 e. The normalized spacial score (nSPS) is 32.1. The number of rotatable bonds is 4. The maximum absolute atomic E-state index is 12.4. The third-order valence-electron chi connectivity index (χ3n) is 3.87. The first-order chi connectivity index (χ1) is 8.71. The van der Waals surface area contributed by atoms with Gasteiger partial charge in [0.05, 0.1) is 13.2 Å². The summed E-state index contributed by atoms with van der Waals surface area (Å²) in [6.07, 6.45) is -2.48. The summed E-state index contributed by atoms with van der Waals surface area (Å²) >= 11 is 0. The van der Waals surface area contributed by atoms with Crippen LogP contribution in [0, 0.1) is 11.8 Å². The molecular formula is C13H22F3NO2. The molecule has 1 aliphatic rings. The average Bonchev–Trinajstić information content (AvgIpc) is 2.27. The molecule has 3 unspecified atom stereocenters. The lowest BCUT2D eigenvalue weighted by Gasteiger charge is -2.43. The van der Waals surface area contributed by atoms with E-state index in [0.717, 1.165) is 12.8 Å². The van der Waals surface area contributed by atoms with Crippen LogP contribution in [-0.2, 0) is 9.53 Å². The molecule has 0 amide bonds. The fourth-order valence-corrected chi connectivity index (χ4v) is 2.80. The molecular weight excluding hydrogens is 259 g/mol. The summed E-state index contributed by atoms with van der Waals surface area (Å²) in [5.74, 6) is -0.304. The second-order valence-corrected chi connectivity index (χ2v) is 5.44.